The number of hydrogen-bond acceptors (Lipinski definition) is 8. The second-order valence-electron chi connectivity index (χ2n) is 8.44. The second-order valence-corrected chi connectivity index (χ2v) is 9.41. The normalized spacial score (nSPS) is 11.5. The first-order chi connectivity index (χ1) is 15.5. The molecule has 10 nitrogen and oxygen atoms in total. The molecule has 0 atom stereocenters. The zero-order chi connectivity index (χ0) is 24.5. The summed E-state index contributed by atoms with van der Waals surface area (Å²) in [5, 5.41) is 3.35. The molecular formula is C22H27N5O5S. The minimum absolute atomic E-state index is 0.0127. The summed E-state index contributed by atoms with van der Waals surface area (Å²) >= 11 is 1.11. The number of aryl methyl sites for hydroxylation is 1. The summed E-state index contributed by atoms with van der Waals surface area (Å²) in [6.07, 6.45) is 0. The number of carbonyl (C=O) groups excluding carboxylic acids is 1. The third-order valence-corrected chi connectivity index (χ3v) is 5.89. The van der Waals surface area contributed by atoms with E-state index in [1.165, 1.54) is 25.8 Å². The average Bonchev–Trinajstić information content (AvgIpc) is 2.78. The van der Waals surface area contributed by atoms with Crippen molar-refractivity contribution < 1.29 is 14.3 Å². The van der Waals surface area contributed by atoms with E-state index in [2.05, 4.69) is 15.3 Å². The molecule has 33 heavy (non-hydrogen) atoms. The largest absolute Gasteiger partial charge is 0.497 e. The van der Waals surface area contributed by atoms with Crippen LogP contribution in [0.15, 0.2) is 32.8 Å². The maximum absolute atomic E-state index is 12.9. The van der Waals surface area contributed by atoms with Crippen molar-refractivity contribution in [3.05, 3.63) is 44.9 Å². The Labute approximate surface area is 195 Å². The molecule has 3 aromatic rings. The SMILES string of the molecule is COc1cc(NC(=O)CSc2nc(C(C)(C)C)nc3c2c(=O)n(C)c(=O)n3C)cc(OC)c1. The number of amides is 1. The van der Waals surface area contributed by atoms with E-state index < -0.39 is 16.7 Å². The number of fused-ring (bicyclic) bond motifs is 1. The highest BCUT2D eigenvalue weighted by Crippen LogP contribution is 2.28. The number of aromatic nitrogens is 4. The van der Waals surface area contributed by atoms with Crippen molar-refractivity contribution in [2.24, 2.45) is 14.1 Å². The topological polar surface area (TPSA) is 117 Å². The Bertz CT molecular complexity index is 1320. The van der Waals surface area contributed by atoms with Gasteiger partial charge in [0.05, 0.1) is 20.0 Å². The van der Waals surface area contributed by atoms with E-state index in [-0.39, 0.29) is 22.7 Å². The Morgan fingerprint density at radius 1 is 1.03 bits per heavy atom. The zero-order valence-electron chi connectivity index (χ0n) is 19.7. The number of methoxy groups -OCH3 is 2. The first-order valence-electron chi connectivity index (χ1n) is 10.1. The van der Waals surface area contributed by atoms with E-state index in [1.54, 1.807) is 25.2 Å². The van der Waals surface area contributed by atoms with Gasteiger partial charge in [-0.25, -0.2) is 14.8 Å². The maximum atomic E-state index is 12.9. The first kappa shape index (κ1) is 24.3. The van der Waals surface area contributed by atoms with Crippen LogP contribution in [0.5, 0.6) is 11.5 Å². The molecule has 0 aliphatic carbocycles. The summed E-state index contributed by atoms with van der Waals surface area (Å²) in [5.41, 5.74) is -0.665. The Balaban J connectivity index is 1.98. The molecule has 0 aliphatic heterocycles. The maximum Gasteiger partial charge on any atom is 0.332 e. The van der Waals surface area contributed by atoms with Crippen molar-refractivity contribution in [2.75, 3.05) is 25.3 Å². The molecule has 0 saturated heterocycles. The van der Waals surface area contributed by atoms with Crippen molar-refractivity contribution in [1.29, 1.82) is 0 Å². The summed E-state index contributed by atoms with van der Waals surface area (Å²) in [6.45, 7) is 5.81. The van der Waals surface area contributed by atoms with Crippen LogP contribution in [0, 0.1) is 0 Å². The van der Waals surface area contributed by atoms with Crippen molar-refractivity contribution >= 4 is 34.4 Å². The number of benzene rings is 1. The fraction of sp³-hybridized carbons (Fsp3) is 0.409. The van der Waals surface area contributed by atoms with Crippen LogP contribution in [0.1, 0.15) is 26.6 Å². The van der Waals surface area contributed by atoms with Crippen LogP contribution in [0.25, 0.3) is 11.0 Å². The monoisotopic (exact) mass is 473 g/mol. The molecule has 11 heteroatoms. The van der Waals surface area contributed by atoms with Crippen LogP contribution in [-0.4, -0.2) is 45.0 Å². The van der Waals surface area contributed by atoms with Crippen LogP contribution < -0.4 is 26.0 Å². The molecule has 0 bridgehead atoms. The van der Waals surface area contributed by atoms with Gasteiger partial charge in [-0.15, -0.1) is 0 Å². The number of rotatable bonds is 6. The standard InChI is InChI=1S/C22H27N5O5S/c1-22(2,3)20-24-17-16(19(29)27(5)21(30)26(17)4)18(25-20)33-11-15(28)23-12-8-13(31-6)10-14(9-12)32-7/h8-10H,11H2,1-7H3,(H,23,28). The van der Waals surface area contributed by atoms with Crippen LogP contribution in [0.2, 0.25) is 0 Å². The molecule has 2 heterocycles. The molecule has 0 aliphatic rings. The van der Waals surface area contributed by atoms with E-state index in [0.717, 1.165) is 16.3 Å². The predicted octanol–water partition coefficient (Wildman–Crippen LogP) is 2.07. The number of hydrogen-bond donors (Lipinski definition) is 1. The van der Waals surface area contributed by atoms with Gasteiger partial charge in [0.15, 0.2) is 5.65 Å². The lowest BCUT2D eigenvalue weighted by Gasteiger charge is -2.19. The molecule has 0 fully saturated rings. The van der Waals surface area contributed by atoms with Gasteiger partial charge in [0.2, 0.25) is 5.91 Å². The van der Waals surface area contributed by atoms with E-state index in [0.29, 0.717) is 28.0 Å². The minimum Gasteiger partial charge on any atom is -0.497 e. The number of anilines is 1. The van der Waals surface area contributed by atoms with Gasteiger partial charge in [-0.05, 0) is 0 Å². The van der Waals surface area contributed by atoms with Gasteiger partial charge in [0, 0.05) is 43.4 Å². The first-order valence-corrected chi connectivity index (χ1v) is 11.1. The van der Waals surface area contributed by atoms with Gasteiger partial charge in [0.1, 0.15) is 27.7 Å². The van der Waals surface area contributed by atoms with Crippen molar-refractivity contribution in [1.82, 2.24) is 19.1 Å². The molecule has 0 unspecified atom stereocenters. The number of nitrogens with zero attached hydrogens (tertiary/aromatic N) is 4. The van der Waals surface area contributed by atoms with E-state index >= 15 is 0 Å². The van der Waals surface area contributed by atoms with Crippen molar-refractivity contribution in [3.8, 4) is 11.5 Å². The molecule has 1 aromatic carbocycles. The lowest BCUT2D eigenvalue weighted by molar-refractivity contribution is -0.113. The molecule has 1 amide bonds. The quantitative estimate of drug-likeness (QED) is 0.427. The Kier molecular flexibility index (Phi) is 6.82. The minimum atomic E-state index is -0.506. The van der Waals surface area contributed by atoms with E-state index in [4.69, 9.17) is 9.47 Å². The fourth-order valence-corrected chi connectivity index (χ4v) is 3.89. The van der Waals surface area contributed by atoms with Crippen molar-refractivity contribution in [2.45, 2.75) is 31.2 Å². The molecule has 1 N–H and O–H groups in total. The third-order valence-electron chi connectivity index (χ3n) is 4.91. The van der Waals surface area contributed by atoms with Crippen molar-refractivity contribution in [3.63, 3.8) is 0 Å². The van der Waals surface area contributed by atoms with Gasteiger partial charge in [-0.2, -0.15) is 0 Å². The molecular weight excluding hydrogens is 446 g/mol. The summed E-state index contributed by atoms with van der Waals surface area (Å²) in [4.78, 5) is 47.1. The zero-order valence-corrected chi connectivity index (χ0v) is 20.5. The van der Waals surface area contributed by atoms with E-state index in [9.17, 15) is 14.4 Å². The van der Waals surface area contributed by atoms with Gasteiger partial charge in [0.25, 0.3) is 5.56 Å². The van der Waals surface area contributed by atoms with Gasteiger partial charge >= 0.3 is 5.69 Å². The highest BCUT2D eigenvalue weighted by molar-refractivity contribution is 8.00. The van der Waals surface area contributed by atoms with Gasteiger partial charge < -0.3 is 14.8 Å². The van der Waals surface area contributed by atoms with Crippen LogP contribution in [-0.2, 0) is 24.3 Å². The molecule has 3 rings (SSSR count). The second kappa shape index (κ2) is 9.26. The van der Waals surface area contributed by atoms with E-state index in [1.807, 2.05) is 20.8 Å². The van der Waals surface area contributed by atoms with Gasteiger partial charge in [-0.1, -0.05) is 32.5 Å². The molecule has 176 valence electrons. The lowest BCUT2D eigenvalue weighted by atomic mass is 9.96. The molecule has 0 radical (unpaired) electrons. The Morgan fingerprint density at radius 2 is 1.64 bits per heavy atom. The number of ether oxygens (including phenoxy) is 2. The fourth-order valence-electron chi connectivity index (χ4n) is 3.08. The summed E-state index contributed by atoms with van der Waals surface area (Å²) in [6, 6.07) is 5.05. The highest BCUT2D eigenvalue weighted by Gasteiger charge is 2.24. The molecule has 0 saturated carbocycles. The Hall–Kier alpha value is -3.34. The summed E-state index contributed by atoms with van der Waals surface area (Å²) in [7, 11) is 6.01. The highest BCUT2D eigenvalue weighted by atomic mass is 32.2. The number of carbonyl (C=O) groups is 1. The Morgan fingerprint density at radius 3 is 2.18 bits per heavy atom. The number of thioether (sulfide) groups is 1. The predicted molar refractivity (Wildman–Crippen MR) is 128 cm³/mol. The number of nitrogens with one attached hydrogen (secondary N) is 1. The van der Waals surface area contributed by atoms with Crippen LogP contribution >= 0.6 is 11.8 Å². The van der Waals surface area contributed by atoms with Crippen LogP contribution in [0.4, 0.5) is 5.69 Å². The van der Waals surface area contributed by atoms with Gasteiger partial charge in [-0.3, -0.25) is 18.7 Å². The lowest BCUT2D eigenvalue weighted by Crippen LogP contribution is -2.38. The summed E-state index contributed by atoms with van der Waals surface area (Å²) in [5.74, 6) is 1.23. The average molecular weight is 474 g/mol. The molecule has 0 spiro atoms. The van der Waals surface area contributed by atoms with Crippen LogP contribution in [0.3, 0.4) is 0 Å². The summed E-state index contributed by atoms with van der Waals surface area (Å²) < 4.78 is 12.8. The molecule has 2 aromatic heterocycles. The third kappa shape index (κ3) is 5.03. The smallest absolute Gasteiger partial charge is 0.332 e.